The van der Waals surface area contributed by atoms with Crippen LogP contribution in [-0.2, 0) is 18.4 Å². The summed E-state index contributed by atoms with van der Waals surface area (Å²) < 4.78 is 5.92. The van der Waals surface area contributed by atoms with Crippen molar-refractivity contribution < 1.29 is 4.74 Å². The molecule has 2 heteroatoms. The summed E-state index contributed by atoms with van der Waals surface area (Å²) in [7, 11) is 0. The largest absolute Gasteiger partial charge is 0.492 e. The van der Waals surface area contributed by atoms with Gasteiger partial charge in [-0.2, -0.15) is 0 Å². The number of fused-ring (bicyclic) bond motifs is 1. The van der Waals surface area contributed by atoms with Crippen LogP contribution in [0.5, 0.6) is 5.75 Å². The fourth-order valence-corrected chi connectivity index (χ4v) is 3.09. The predicted octanol–water partition coefficient (Wildman–Crippen LogP) is 4.42. The maximum atomic E-state index is 5.92. The zero-order chi connectivity index (χ0) is 16.3. The monoisotopic (exact) mass is 309 g/mol. The van der Waals surface area contributed by atoms with E-state index in [4.69, 9.17) is 4.74 Å². The van der Waals surface area contributed by atoms with Gasteiger partial charge in [-0.05, 0) is 40.7 Å². The Hall–Kier alpha value is -1.80. The van der Waals surface area contributed by atoms with Crippen molar-refractivity contribution in [3.63, 3.8) is 0 Å². The molecule has 0 amide bonds. The molecule has 3 rings (SSSR count). The Bertz CT molecular complexity index is 640. The van der Waals surface area contributed by atoms with E-state index in [2.05, 4.69) is 74.2 Å². The lowest BCUT2D eigenvalue weighted by molar-refractivity contribution is 0.196. The molecule has 0 saturated heterocycles. The van der Waals surface area contributed by atoms with Crippen LogP contribution in [0.3, 0.4) is 0 Å². The number of benzene rings is 2. The molecule has 2 aromatic rings. The van der Waals surface area contributed by atoms with Gasteiger partial charge in [-0.3, -0.25) is 4.90 Å². The molecule has 0 aliphatic carbocycles. The van der Waals surface area contributed by atoms with Gasteiger partial charge in [0.05, 0.1) is 0 Å². The second-order valence-electron chi connectivity index (χ2n) is 7.42. The highest BCUT2D eigenvalue weighted by atomic mass is 16.5. The molecule has 122 valence electrons. The topological polar surface area (TPSA) is 12.5 Å². The number of ether oxygens (including phenoxy) is 1. The first-order valence-electron chi connectivity index (χ1n) is 8.55. The van der Waals surface area contributed by atoms with Crippen molar-refractivity contribution in [1.29, 1.82) is 0 Å². The molecule has 0 spiro atoms. The van der Waals surface area contributed by atoms with E-state index in [1.165, 1.54) is 16.7 Å². The highest BCUT2D eigenvalue weighted by Gasteiger charge is 2.15. The first-order chi connectivity index (χ1) is 11.0. The van der Waals surface area contributed by atoms with Crippen LogP contribution in [0.1, 0.15) is 37.5 Å². The summed E-state index contributed by atoms with van der Waals surface area (Å²) in [5.41, 5.74) is 4.51. The zero-order valence-electron chi connectivity index (χ0n) is 14.5. The summed E-state index contributed by atoms with van der Waals surface area (Å²) >= 11 is 0. The molecule has 0 aromatic heterocycles. The Morgan fingerprint density at radius 3 is 2.35 bits per heavy atom. The first kappa shape index (κ1) is 16.1. The highest BCUT2D eigenvalue weighted by molar-refractivity contribution is 5.31. The smallest absolute Gasteiger partial charge is 0.119 e. The summed E-state index contributed by atoms with van der Waals surface area (Å²) in [6.45, 7) is 10.6. The molecule has 0 atom stereocenters. The third-order valence-electron chi connectivity index (χ3n) is 4.61. The van der Waals surface area contributed by atoms with Crippen LogP contribution in [0.2, 0.25) is 0 Å². The maximum absolute atomic E-state index is 5.92. The molecule has 2 aromatic carbocycles. The van der Waals surface area contributed by atoms with Gasteiger partial charge >= 0.3 is 0 Å². The third-order valence-corrected chi connectivity index (χ3v) is 4.61. The molecular formula is C21H27NO. The van der Waals surface area contributed by atoms with Crippen LogP contribution in [-0.4, -0.2) is 24.6 Å². The molecule has 0 unspecified atom stereocenters. The molecule has 0 bridgehead atoms. The van der Waals surface area contributed by atoms with E-state index < -0.39 is 0 Å². The van der Waals surface area contributed by atoms with Crippen molar-refractivity contribution in [2.45, 2.75) is 39.2 Å². The average Bonchev–Trinajstić information content (AvgIpc) is 2.54. The lowest BCUT2D eigenvalue weighted by Gasteiger charge is -2.28. The minimum atomic E-state index is 0.194. The number of hydrogen-bond acceptors (Lipinski definition) is 2. The van der Waals surface area contributed by atoms with Gasteiger partial charge in [-0.15, -0.1) is 0 Å². The third kappa shape index (κ3) is 4.14. The van der Waals surface area contributed by atoms with E-state index in [-0.39, 0.29) is 5.41 Å². The van der Waals surface area contributed by atoms with Crippen LogP contribution in [0.15, 0.2) is 48.5 Å². The number of nitrogens with zero attached hydrogens (tertiary/aromatic N) is 1. The molecule has 0 N–H and O–H groups in total. The van der Waals surface area contributed by atoms with Crippen LogP contribution in [0.25, 0.3) is 0 Å². The molecule has 0 fully saturated rings. The van der Waals surface area contributed by atoms with E-state index >= 15 is 0 Å². The predicted molar refractivity (Wildman–Crippen MR) is 96.1 cm³/mol. The van der Waals surface area contributed by atoms with E-state index in [0.717, 1.165) is 38.4 Å². The van der Waals surface area contributed by atoms with Gasteiger partial charge < -0.3 is 4.74 Å². The van der Waals surface area contributed by atoms with Gasteiger partial charge in [0.15, 0.2) is 0 Å². The van der Waals surface area contributed by atoms with E-state index in [1.807, 2.05) is 0 Å². The molecule has 1 aliphatic rings. The van der Waals surface area contributed by atoms with Crippen molar-refractivity contribution in [2.75, 3.05) is 19.7 Å². The zero-order valence-corrected chi connectivity index (χ0v) is 14.5. The molecule has 1 heterocycles. The summed E-state index contributed by atoms with van der Waals surface area (Å²) in [5.74, 6) is 0.968. The first-order valence-corrected chi connectivity index (χ1v) is 8.55. The molecule has 1 aliphatic heterocycles. The Morgan fingerprint density at radius 2 is 1.65 bits per heavy atom. The van der Waals surface area contributed by atoms with Crippen molar-refractivity contribution in [1.82, 2.24) is 4.90 Å². The van der Waals surface area contributed by atoms with E-state index in [0.29, 0.717) is 0 Å². The second kappa shape index (κ2) is 6.76. The van der Waals surface area contributed by atoms with Gasteiger partial charge in [0.25, 0.3) is 0 Å². The SMILES string of the molecule is CC(C)(C)c1ccc(OCCN2CCc3ccccc3C2)cc1. The summed E-state index contributed by atoms with van der Waals surface area (Å²) in [4.78, 5) is 2.48. The van der Waals surface area contributed by atoms with Crippen molar-refractivity contribution >= 4 is 0 Å². The minimum absolute atomic E-state index is 0.194. The van der Waals surface area contributed by atoms with Crippen LogP contribution in [0, 0.1) is 0 Å². The molecule has 23 heavy (non-hydrogen) atoms. The van der Waals surface area contributed by atoms with Gasteiger partial charge in [-0.25, -0.2) is 0 Å². The summed E-state index contributed by atoms with van der Waals surface area (Å²) in [6, 6.07) is 17.3. The van der Waals surface area contributed by atoms with Gasteiger partial charge in [0, 0.05) is 19.6 Å². The molecule has 2 nitrogen and oxygen atoms in total. The molecule has 0 radical (unpaired) electrons. The Labute approximate surface area is 140 Å². The quantitative estimate of drug-likeness (QED) is 0.829. The van der Waals surface area contributed by atoms with E-state index in [1.54, 1.807) is 0 Å². The highest BCUT2D eigenvalue weighted by Crippen LogP contribution is 2.24. The second-order valence-corrected chi connectivity index (χ2v) is 7.42. The fourth-order valence-electron chi connectivity index (χ4n) is 3.09. The molecule has 0 saturated carbocycles. The van der Waals surface area contributed by atoms with E-state index in [9.17, 15) is 0 Å². The van der Waals surface area contributed by atoms with Crippen molar-refractivity contribution in [3.8, 4) is 5.75 Å². The van der Waals surface area contributed by atoms with Crippen LogP contribution in [0.4, 0.5) is 0 Å². The summed E-state index contributed by atoms with van der Waals surface area (Å²) in [6.07, 6.45) is 1.15. The summed E-state index contributed by atoms with van der Waals surface area (Å²) in [5, 5.41) is 0. The number of hydrogen-bond donors (Lipinski definition) is 0. The van der Waals surface area contributed by atoms with Gasteiger partial charge in [-0.1, -0.05) is 57.2 Å². The van der Waals surface area contributed by atoms with Gasteiger partial charge in [0.2, 0.25) is 0 Å². The lowest BCUT2D eigenvalue weighted by atomic mass is 9.87. The maximum Gasteiger partial charge on any atom is 0.119 e. The fraction of sp³-hybridized carbons (Fsp3) is 0.429. The van der Waals surface area contributed by atoms with Crippen LogP contribution >= 0.6 is 0 Å². The molecular weight excluding hydrogens is 282 g/mol. The normalized spacial score (nSPS) is 15.3. The Morgan fingerprint density at radius 1 is 0.957 bits per heavy atom. The van der Waals surface area contributed by atoms with Crippen molar-refractivity contribution in [2.24, 2.45) is 0 Å². The van der Waals surface area contributed by atoms with Gasteiger partial charge in [0.1, 0.15) is 12.4 Å². The van der Waals surface area contributed by atoms with Crippen molar-refractivity contribution in [3.05, 3.63) is 65.2 Å². The van der Waals surface area contributed by atoms with Crippen LogP contribution < -0.4 is 4.74 Å². The lowest BCUT2D eigenvalue weighted by Crippen LogP contribution is -2.33. The standard InChI is InChI=1S/C21H27NO/c1-21(2,3)19-8-10-20(11-9-19)23-15-14-22-13-12-17-6-4-5-7-18(17)16-22/h4-11H,12-16H2,1-3H3. The average molecular weight is 309 g/mol. The Balaban J connectivity index is 1.49. The minimum Gasteiger partial charge on any atom is -0.492 e. The number of rotatable bonds is 4. The Kier molecular flexibility index (Phi) is 4.72.